The van der Waals surface area contributed by atoms with Gasteiger partial charge in [0, 0.05) is 6.04 Å². The Morgan fingerprint density at radius 3 is 2.94 bits per heavy atom. The van der Waals surface area contributed by atoms with Gasteiger partial charge in [-0.2, -0.15) is 0 Å². The molecule has 0 bridgehead atoms. The molecule has 1 saturated heterocycles. The maximum Gasteiger partial charge on any atom is 0.126 e. The van der Waals surface area contributed by atoms with Crippen molar-refractivity contribution in [3.05, 3.63) is 35.1 Å². The van der Waals surface area contributed by atoms with E-state index in [-0.39, 0.29) is 11.9 Å². The first-order chi connectivity index (χ1) is 8.61. The van der Waals surface area contributed by atoms with Crippen molar-refractivity contribution < 1.29 is 9.50 Å². The van der Waals surface area contributed by atoms with Crippen molar-refractivity contribution in [3.8, 4) is 0 Å². The van der Waals surface area contributed by atoms with E-state index in [0.29, 0.717) is 17.0 Å². The topological polar surface area (TPSA) is 32.3 Å². The Morgan fingerprint density at radius 2 is 2.28 bits per heavy atom. The molecule has 1 aliphatic rings. The summed E-state index contributed by atoms with van der Waals surface area (Å²) in [7, 11) is 0. The second kappa shape index (κ2) is 5.81. The minimum Gasteiger partial charge on any atom is -0.387 e. The van der Waals surface area contributed by atoms with Crippen LogP contribution in [0, 0.1) is 18.7 Å². The fraction of sp³-hybridized carbons (Fsp3) is 0.600. The Balaban J connectivity index is 2.10. The predicted octanol–water partition coefficient (Wildman–Crippen LogP) is 2.95. The van der Waals surface area contributed by atoms with E-state index in [0.717, 1.165) is 19.4 Å². The van der Waals surface area contributed by atoms with Crippen molar-refractivity contribution in [2.75, 3.05) is 6.54 Å². The third-order valence-corrected chi connectivity index (χ3v) is 4.04. The van der Waals surface area contributed by atoms with E-state index >= 15 is 0 Å². The van der Waals surface area contributed by atoms with Crippen LogP contribution in [-0.4, -0.2) is 17.7 Å². The number of halogens is 1. The number of aryl methyl sites for hydroxylation is 1. The van der Waals surface area contributed by atoms with E-state index in [1.165, 1.54) is 12.5 Å². The Labute approximate surface area is 108 Å². The van der Waals surface area contributed by atoms with E-state index in [2.05, 4.69) is 12.2 Å². The summed E-state index contributed by atoms with van der Waals surface area (Å²) in [5, 5.41) is 13.7. The molecule has 18 heavy (non-hydrogen) atoms. The lowest BCUT2D eigenvalue weighted by atomic mass is 9.86. The van der Waals surface area contributed by atoms with Crippen LogP contribution >= 0.6 is 0 Å². The first-order valence-corrected chi connectivity index (χ1v) is 6.79. The smallest absolute Gasteiger partial charge is 0.126 e. The first kappa shape index (κ1) is 13.5. The quantitative estimate of drug-likeness (QED) is 0.865. The average Bonchev–Trinajstić information content (AvgIpc) is 2.41. The minimum atomic E-state index is -0.616. The molecule has 1 fully saturated rings. The monoisotopic (exact) mass is 251 g/mol. The molecule has 0 spiro atoms. The van der Waals surface area contributed by atoms with Crippen molar-refractivity contribution in [1.29, 1.82) is 0 Å². The zero-order valence-electron chi connectivity index (χ0n) is 11.1. The number of nitrogens with one attached hydrogen (secondary N) is 1. The highest BCUT2D eigenvalue weighted by molar-refractivity contribution is 5.26. The van der Waals surface area contributed by atoms with Crippen molar-refractivity contribution in [2.45, 2.75) is 45.3 Å². The molecule has 0 radical (unpaired) electrons. The van der Waals surface area contributed by atoms with Gasteiger partial charge in [0.2, 0.25) is 0 Å². The Bertz CT molecular complexity index is 407. The number of hydrogen-bond donors (Lipinski definition) is 2. The Kier molecular flexibility index (Phi) is 4.36. The van der Waals surface area contributed by atoms with Crippen LogP contribution in [0.3, 0.4) is 0 Å². The van der Waals surface area contributed by atoms with E-state index in [9.17, 15) is 9.50 Å². The summed E-state index contributed by atoms with van der Waals surface area (Å²) in [6, 6.07) is 5.05. The molecular weight excluding hydrogens is 229 g/mol. The molecule has 2 nitrogen and oxygen atoms in total. The standard InChI is InChI=1S/C15H22FNO/c1-3-11-6-7-17-14(8-11)15(18)12-5-4-10(2)13(16)9-12/h4-5,9,11,14-15,17-18H,3,6-8H2,1-2H3. The van der Waals surface area contributed by atoms with Crippen LogP contribution in [0.1, 0.15) is 43.4 Å². The fourth-order valence-corrected chi connectivity index (χ4v) is 2.67. The summed E-state index contributed by atoms with van der Waals surface area (Å²) in [6.07, 6.45) is 2.66. The molecule has 0 aliphatic carbocycles. The molecule has 3 heteroatoms. The summed E-state index contributed by atoms with van der Waals surface area (Å²) in [5.41, 5.74) is 1.29. The molecule has 1 aromatic carbocycles. The van der Waals surface area contributed by atoms with Gasteiger partial charge in [-0.1, -0.05) is 25.5 Å². The predicted molar refractivity (Wildman–Crippen MR) is 70.9 cm³/mol. The third-order valence-electron chi connectivity index (χ3n) is 4.04. The van der Waals surface area contributed by atoms with E-state index < -0.39 is 6.10 Å². The number of hydrogen-bond acceptors (Lipinski definition) is 2. The van der Waals surface area contributed by atoms with Crippen LogP contribution < -0.4 is 5.32 Å². The Morgan fingerprint density at radius 1 is 1.50 bits per heavy atom. The molecule has 1 heterocycles. The fourth-order valence-electron chi connectivity index (χ4n) is 2.67. The zero-order chi connectivity index (χ0) is 13.1. The average molecular weight is 251 g/mol. The van der Waals surface area contributed by atoms with Gasteiger partial charge in [-0.05, 0) is 49.4 Å². The van der Waals surface area contributed by atoms with E-state index in [1.54, 1.807) is 13.0 Å². The number of benzene rings is 1. The van der Waals surface area contributed by atoms with E-state index in [1.807, 2.05) is 6.07 Å². The Hall–Kier alpha value is -0.930. The van der Waals surface area contributed by atoms with Gasteiger partial charge in [0.25, 0.3) is 0 Å². The van der Waals surface area contributed by atoms with Gasteiger partial charge in [-0.25, -0.2) is 4.39 Å². The lowest BCUT2D eigenvalue weighted by molar-refractivity contribution is 0.0976. The zero-order valence-corrected chi connectivity index (χ0v) is 11.1. The van der Waals surface area contributed by atoms with Gasteiger partial charge < -0.3 is 10.4 Å². The largest absolute Gasteiger partial charge is 0.387 e. The van der Waals surface area contributed by atoms with Gasteiger partial charge in [0.1, 0.15) is 5.82 Å². The molecule has 2 rings (SSSR count). The molecule has 0 amide bonds. The minimum absolute atomic E-state index is 0.0470. The summed E-state index contributed by atoms with van der Waals surface area (Å²) in [5.74, 6) is 0.426. The maximum absolute atomic E-state index is 13.5. The summed E-state index contributed by atoms with van der Waals surface area (Å²) in [4.78, 5) is 0. The van der Waals surface area contributed by atoms with Gasteiger partial charge >= 0.3 is 0 Å². The molecule has 0 aromatic heterocycles. The lowest BCUT2D eigenvalue weighted by Crippen LogP contribution is -2.42. The number of piperidine rings is 1. The summed E-state index contributed by atoms with van der Waals surface area (Å²) >= 11 is 0. The van der Waals surface area contributed by atoms with Crippen molar-refractivity contribution in [3.63, 3.8) is 0 Å². The molecule has 0 saturated carbocycles. The highest BCUT2D eigenvalue weighted by Crippen LogP contribution is 2.28. The normalized spacial score (nSPS) is 26.0. The van der Waals surface area contributed by atoms with Gasteiger partial charge in [-0.3, -0.25) is 0 Å². The van der Waals surface area contributed by atoms with Crippen LogP contribution in [0.5, 0.6) is 0 Å². The number of rotatable bonds is 3. The third kappa shape index (κ3) is 2.90. The summed E-state index contributed by atoms with van der Waals surface area (Å²) < 4.78 is 13.5. The SMILES string of the molecule is CCC1CCNC(C(O)c2ccc(C)c(F)c2)C1. The van der Waals surface area contributed by atoms with Crippen molar-refractivity contribution >= 4 is 0 Å². The number of aliphatic hydroxyl groups excluding tert-OH is 1. The molecule has 3 atom stereocenters. The first-order valence-electron chi connectivity index (χ1n) is 6.79. The van der Waals surface area contributed by atoms with Crippen LogP contribution in [0.4, 0.5) is 4.39 Å². The molecule has 100 valence electrons. The number of aliphatic hydroxyl groups is 1. The maximum atomic E-state index is 13.5. The highest BCUT2D eigenvalue weighted by atomic mass is 19.1. The van der Waals surface area contributed by atoms with Crippen molar-refractivity contribution in [1.82, 2.24) is 5.32 Å². The molecule has 1 aromatic rings. The van der Waals surface area contributed by atoms with Gasteiger partial charge in [0.05, 0.1) is 6.10 Å². The lowest BCUT2D eigenvalue weighted by Gasteiger charge is -2.33. The van der Waals surface area contributed by atoms with Crippen LogP contribution in [0.25, 0.3) is 0 Å². The summed E-state index contributed by atoms with van der Waals surface area (Å²) in [6.45, 7) is 4.86. The van der Waals surface area contributed by atoms with Gasteiger partial charge in [0.15, 0.2) is 0 Å². The van der Waals surface area contributed by atoms with E-state index in [4.69, 9.17) is 0 Å². The molecule has 3 unspecified atom stereocenters. The van der Waals surface area contributed by atoms with Crippen LogP contribution in [0.15, 0.2) is 18.2 Å². The van der Waals surface area contributed by atoms with Crippen molar-refractivity contribution in [2.24, 2.45) is 5.92 Å². The molecular formula is C15H22FNO. The second-order valence-corrected chi connectivity index (χ2v) is 5.31. The second-order valence-electron chi connectivity index (χ2n) is 5.31. The van der Waals surface area contributed by atoms with Crippen LogP contribution in [0.2, 0.25) is 0 Å². The van der Waals surface area contributed by atoms with Gasteiger partial charge in [-0.15, -0.1) is 0 Å². The highest BCUT2D eigenvalue weighted by Gasteiger charge is 2.27. The molecule has 1 aliphatic heterocycles. The van der Waals surface area contributed by atoms with Crippen LogP contribution in [-0.2, 0) is 0 Å². The molecule has 2 N–H and O–H groups in total.